The monoisotopic (exact) mass is 176 g/mol. The zero-order chi connectivity index (χ0) is 9.84. The first-order chi connectivity index (χ1) is 6.16. The zero-order valence-electron chi connectivity index (χ0n) is 7.46. The Labute approximate surface area is 77.2 Å². The fourth-order valence-corrected chi connectivity index (χ4v) is 1.07. The molecule has 68 valence electrons. The molecule has 0 radical (unpaired) electrons. The van der Waals surface area contributed by atoms with Gasteiger partial charge in [0.25, 0.3) is 0 Å². The van der Waals surface area contributed by atoms with Crippen LogP contribution in [0.15, 0.2) is 36.6 Å². The molecule has 0 spiro atoms. The highest BCUT2D eigenvalue weighted by atomic mass is 16.3. The molecule has 0 bridgehead atoms. The van der Waals surface area contributed by atoms with Gasteiger partial charge in [-0.15, -0.1) is 0 Å². The minimum absolute atomic E-state index is 0.0463. The second-order valence-electron chi connectivity index (χ2n) is 2.62. The third kappa shape index (κ3) is 1.87. The van der Waals surface area contributed by atoms with Crippen LogP contribution in [0.5, 0.6) is 0 Å². The van der Waals surface area contributed by atoms with Gasteiger partial charge in [0.2, 0.25) is 0 Å². The molecule has 0 aliphatic carbocycles. The molecule has 13 heavy (non-hydrogen) atoms. The van der Waals surface area contributed by atoms with Crippen molar-refractivity contribution in [2.24, 2.45) is 0 Å². The van der Waals surface area contributed by atoms with Crippen LogP contribution in [0.2, 0.25) is 0 Å². The van der Waals surface area contributed by atoms with Crippen LogP contribution in [0.1, 0.15) is 5.56 Å². The molecule has 0 saturated carbocycles. The molecule has 1 rings (SSSR count). The molecule has 3 heteroatoms. The number of aliphatic hydroxyl groups is 1. The normalized spacial score (nSPS) is 9.31. The van der Waals surface area contributed by atoms with Crippen molar-refractivity contribution in [1.29, 1.82) is 5.41 Å². The third-order valence-electron chi connectivity index (χ3n) is 1.75. The maximum absolute atomic E-state index is 9.05. The minimum Gasteiger partial charge on any atom is -0.506 e. The van der Waals surface area contributed by atoms with Gasteiger partial charge in [0.1, 0.15) is 11.5 Å². The van der Waals surface area contributed by atoms with Gasteiger partial charge in [0, 0.05) is 18.3 Å². The Morgan fingerprint density at radius 2 is 2.08 bits per heavy atom. The topological polar surface area (TPSA) is 56.1 Å². The molecule has 0 aliphatic heterocycles. The first kappa shape index (κ1) is 9.32. The van der Waals surface area contributed by atoms with E-state index in [-0.39, 0.29) is 11.5 Å². The molecule has 3 nitrogen and oxygen atoms in total. The quantitative estimate of drug-likeness (QED) is 0.488. The van der Waals surface area contributed by atoms with Crippen LogP contribution in [0, 0.1) is 5.41 Å². The van der Waals surface area contributed by atoms with Crippen molar-refractivity contribution in [3.05, 3.63) is 42.2 Å². The highest BCUT2D eigenvalue weighted by Crippen LogP contribution is 2.16. The number of hydrogen-bond acceptors (Lipinski definition) is 3. The van der Waals surface area contributed by atoms with Crippen LogP contribution in [-0.4, -0.2) is 17.9 Å². The van der Waals surface area contributed by atoms with E-state index in [0.717, 1.165) is 5.69 Å². The van der Waals surface area contributed by atoms with Crippen molar-refractivity contribution in [3.63, 3.8) is 0 Å². The number of aliphatic hydroxyl groups excluding tert-OH is 1. The number of para-hydroxylation sites is 1. The molecule has 0 saturated heterocycles. The molecule has 1 aromatic carbocycles. The van der Waals surface area contributed by atoms with Gasteiger partial charge in [-0.3, -0.25) is 5.41 Å². The maximum atomic E-state index is 9.05. The number of nitrogens with one attached hydrogen (secondary N) is 2. The van der Waals surface area contributed by atoms with Gasteiger partial charge in [-0.25, -0.2) is 0 Å². The Balaban J connectivity index is 3.13. The van der Waals surface area contributed by atoms with E-state index in [2.05, 4.69) is 11.9 Å². The lowest BCUT2D eigenvalue weighted by atomic mass is 10.1. The predicted molar refractivity (Wildman–Crippen MR) is 54.6 cm³/mol. The van der Waals surface area contributed by atoms with E-state index in [9.17, 15) is 0 Å². The summed E-state index contributed by atoms with van der Waals surface area (Å²) < 4.78 is 0. The zero-order valence-corrected chi connectivity index (χ0v) is 7.46. The Hall–Kier alpha value is -1.77. The Bertz CT molecular complexity index is 345. The van der Waals surface area contributed by atoms with Crippen molar-refractivity contribution >= 4 is 11.4 Å². The molecule has 0 unspecified atom stereocenters. The Kier molecular flexibility index (Phi) is 2.69. The van der Waals surface area contributed by atoms with Crippen LogP contribution >= 0.6 is 0 Å². The number of anilines is 1. The molecule has 0 fully saturated rings. The fraction of sp³-hybridized carbons (Fsp3) is 0.100. The number of allylic oxidation sites excluding steroid dienone is 1. The Morgan fingerprint density at radius 3 is 2.62 bits per heavy atom. The van der Waals surface area contributed by atoms with Gasteiger partial charge in [-0.2, -0.15) is 0 Å². The van der Waals surface area contributed by atoms with Gasteiger partial charge in [-0.1, -0.05) is 24.8 Å². The first-order valence-corrected chi connectivity index (χ1v) is 3.90. The summed E-state index contributed by atoms with van der Waals surface area (Å²) in [6.07, 6.45) is 0. The van der Waals surface area contributed by atoms with Crippen LogP contribution in [0.25, 0.3) is 0 Å². The molecule has 1 aromatic rings. The van der Waals surface area contributed by atoms with Gasteiger partial charge in [-0.05, 0) is 6.07 Å². The third-order valence-corrected chi connectivity index (χ3v) is 1.75. The van der Waals surface area contributed by atoms with E-state index in [0.29, 0.717) is 5.56 Å². The van der Waals surface area contributed by atoms with E-state index < -0.39 is 0 Å². The smallest absolute Gasteiger partial charge is 0.134 e. The average Bonchev–Trinajstić information content (AvgIpc) is 2.16. The molecular weight excluding hydrogens is 164 g/mol. The van der Waals surface area contributed by atoms with Gasteiger partial charge in [0.05, 0.1) is 0 Å². The summed E-state index contributed by atoms with van der Waals surface area (Å²) in [7, 11) is 1.77. The summed E-state index contributed by atoms with van der Waals surface area (Å²) >= 11 is 0. The lowest BCUT2D eigenvalue weighted by Crippen LogP contribution is -2.05. The van der Waals surface area contributed by atoms with Crippen LogP contribution < -0.4 is 5.32 Å². The molecule has 3 N–H and O–H groups in total. The van der Waals surface area contributed by atoms with E-state index >= 15 is 0 Å². The van der Waals surface area contributed by atoms with E-state index in [1.165, 1.54) is 0 Å². The highest BCUT2D eigenvalue weighted by molar-refractivity contribution is 6.11. The van der Waals surface area contributed by atoms with Crippen LogP contribution in [0.3, 0.4) is 0 Å². The lowest BCUT2D eigenvalue weighted by molar-refractivity contribution is 0.445. The van der Waals surface area contributed by atoms with Crippen molar-refractivity contribution < 1.29 is 5.11 Å². The summed E-state index contributed by atoms with van der Waals surface area (Å²) in [6.45, 7) is 3.31. The van der Waals surface area contributed by atoms with Gasteiger partial charge >= 0.3 is 0 Å². The summed E-state index contributed by atoms with van der Waals surface area (Å²) in [5.74, 6) is -0.220. The Morgan fingerprint density at radius 1 is 1.46 bits per heavy atom. The highest BCUT2D eigenvalue weighted by Gasteiger charge is 2.07. The van der Waals surface area contributed by atoms with Crippen molar-refractivity contribution in [1.82, 2.24) is 0 Å². The predicted octanol–water partition coefficient (Wildman–Crippen LogP) is 2.17. The number of rotatable bonds is 3. The molecular formula is C10H12N2O. The molecule has 0 heterocycles. The fourth-order valence-electron chi connectivity index (χ4n) is 1.07. The summed E-state index contributed by atoms with van der Waals surface area (Å²) in [5, 5.41) is 19.5. The van der Waals surface area contributed by atoms with Crippen LogP contribution in [-0.2, 0) is 0 Å². The second kappa shape index (κ2) is 3.76. The van der Waals surface area contributed by atoms with E-state index in [4.69, 9.17) is 10.5 Å². The SMILES string of the molecule is C=C(O)C(=N)c1ccccc1NC. The van der Waals surface area contributed by atoms with Crippen LogP contribution in [0.4, 0.5) is 5.69 Å². The molecule has 0 amide bonds. The van der Waals surface area contributed by atoms with Crippen molar-refractivity contribution in [3.8, 4) is 0 Å². The summed E-state index contributed by atoms with van der Waals surface area (Å²) in [5.41, 5.74) is 1.50. The summed E-state index contributed by atoms with van der Waals surface area (Å²) in [6, 6.07) is 7.28. The average molecular weight is 176 g/mol. The number of hydrogen-bond donors (Lipinski definition) is 3. The number of benzene rings is 1. The first-order valence-electron chi connectivity index (χ1n) is 3.90. The van der Waals surface area contributed by atoms with E-state index in [1.54, 1.807) is 13.1 Å². The standard InChI is InChI=1S/C10H12N2O/c1-7(13)10(11)8-5-3-4-6-9(8)12-2/h3-6,11-13H,1H2,2H3. The van der Waals surface area contributed by atoms with Gasteiger partial charge in [0.15, 0.2) is 0 Å². The van der Waals surface area contributed by atoms with Gasteiger partial charge < -0.3 is 10.4 Å². The molecule has 0 aliphatic rings. The van der Waals surface area contributed by atoms with Crippen molar-refractivity contribution in [2.45, 2.75) is 0 Å². The molecule has 0 atom stereocenters. The lowest BCUT2D eigenvalue weighted by Gasteiger charge is -2.08. The summed E-state index contributed by atoms with van der Waals surface area (Å²) in [4.78, 5) is 0. The van der Waals surface area contributed by atoms with E-state index in [1.807, 2.05) is 18.2 Å². The maximum Gasteiger partial charge on any atom is 0.134 e. The second-order valence-corrected chi connectivity index (χ2v) is 2.62. The van der Waals surface area contributed by atoms with Crippen molar-refractivity contribution in [2.75, 3.05) is 12.4 Å². The molecule has 0 aromatic heterocycles. The largest absolute Gasteiger partial charge is 0.506 e. The minimum atomic E-state index is -0.220.